The normalized spacial score (nSPS) is 11.6. The summed E-state index contributed by atoms with van der Waals surface area (Å²) in [6.07, 6.45) is 4.65. The molecule has 2 aromatic heterocycles. The van der Waals surface area contributed by atoms with Crippen LogP contribution in [-0.4, -0.2) is 26.8 Å². The van der Waals surface area contributed by atoms with Gasteiger partial charge in [0.2, 0.25) is 17.7 Å². The molecule has 2 heterocycles. The van der Waals surface area contributed by atoms with Crippen LogP contribution in [-0.2, 0) is 6.42 Å². The topological polar surface area (TPSA) is 73.9 Å². The van der Waals surface area contributed by atoms with Crippen LogP contribution < -0.4 is 4.74 Å². The minimum atomic E-state index is 0.231. The van der Waals surface area contributed by atoms with Crippen LogP contribution >= 0.6 is 0 Å². The van der Waals surface area contributed by atoms with E-state index in [2.05, 4.69) is 21.2 Å². The van der Waals surface area contributed by atoms with Crippen molar-refractivity contribution in [2.45, 2.75) is 33.1 Å². The summed E-state index contributed by atoms with van der Waals surface area (Å²) in [5.41, 5.74) is 4.41. The summed E-state index contributed by atoms with van der Waals surface area (Å²) in [5, 5.41) is 8.16. The first-order valence-corrected chi connectivity index (χ1v) is 10.1. The smallest absolute Gasteiger partial charge is 0.241 e. The van der Waals surface area contributed by atoms with E-state index in [1.807, 2.05) is 75.4 Å². The number of para-hydroxylation sites is 2. The van der Waals surface area contributed by atoms with Crippen molar-refractivity contribution >= 4 is 17.1 Å². The van der Waals surface area contributed by atoms with E-state index in [1.54, 1.807) is 0 Å². The van der Waals surface area contributed by atoms with Crippen LogP contribution in [0.1, 0.15) is 44.0 Å². The van der Waals surface area contributed by atoms with E-state index in [4.69, 9.17) is 14.1 Å². The molecule has 30 heavy (non-hydrogen) atoms. The second-order valence-electron chi connectivity index (χ2n) is 7.22. The standard InChI is InChI=1S/C24H24N4O2/c1-4-29-24-22(25-19-12-5-6-13-20(19)26-24)18-11-7-9-17(15-18)10-8-14-21-27-28-23(30-21)16(2)3/h5-13,15-16H,4,14H2,1-3H3/b10-8+. The number of benzene rings is 2. The minimum Gasteiger partial charge on any atom is -0.476 e. The van der Waals surface area contributed by atoms with E-state index in [-0.39, 0.29) is 5.92 Å². The van der Waals surface area contributed by atoms with Crippen molar-refractivity contribution in [2.24, 2.45) is 0 Å². The quantitative estimate of drug-likeness (QED) is 0.410. The van der Waals surface area contributed by atoms with Gasteiger partial charge in [-0.05, 0) is 30.7 Å². The molecule has 0 bridgehead atoms. The molecule has 0 radical (unpaired) electrons. The molecule has 4 aromatic rings. The van der Waals surface area contributed by atoms with Gasteiger partial charge >= 0.3 is 0 Å². The van der Waals surface area contributed by atoms with Crippen molar-refractivity contribution in [3.63, 3.8) is 0 Å². The monoisotopic (exact) mass is 400 g/mol. The summed E-state index contributed by atoms with van der Waals surface area (Å²) in [4.78, 5) is 9.47. The maximum absolute atomic E-state index is 5.78. The number of ether oxygens (including phenoxy) is 1. The maximum Gasteiger partial charge on any atom is 0.241 e. The Balaban J connectivity index is 1.60. The highest BCUT2D eigenvalue weighted by molar-refractivity contribution is 5.80. The first kappa shape index (κ1) is 19.8. The average molecular weight is 400 g/mol. The molecule has 0 atom stereocenters. The Labute approximate surface area is 175 Å². The van der Waals surface area contributed by atoms with Gasteiger partial charge in [0.15, 0.2) is 0 Å². The number of rotatable bonds is 7. The lowest BCUT2D eigenvalue weighted by atomic mass is 10.1. The van der Waals surface area contributed by atoms with E-state index < -0.39 is 0 Å². The first-order valence-electron chi connectivity index (χ1n) is 10.1. The summed E-state index contributed by atoms with van der Waals surface area (Å²) in [6.45, 7) is 6.54. The van der Waals surface area contributed by atoms with Crippen molar-refractivity contribution in [3.8, 4) is 17.1 Å². The van der Waals surface area contributed by atoms with Gasteiger partial charge in [-0.25, -0.2) is 9.97 Å². The number of nitrogens with zero attached hydrogens (tertiary/aromatic N) is 4. The van der Waals surface area contributed by atoms with Crippen LogP contribution in [0, 0.1) is 0 Å². The SMILES string of the molecule is CCOc1nc2ccccc2nc1-c1cccc(/C=C/Cc2nnc(C(C)C)o2)c1. The lowest BCUT2D eigenvalue weighted by Gasteiger charge is -2.10. The Kier molecular flexibility index (Phi) is 5.84. The van der Waals surface area contributed by atoms with Crippen LogP contribution in [0.15, 0.2) is 59.0 Å². The third kappa shape index (κ3) is 4.38. The number of allylic oxidation sites excluding steroid dienone is 1. The van der Waals surface area contributed by atoms with Crippen LogP contribution in [0.2, 0.25) is 0 Å². The Morgan fingerprint density at radius 3 is 2.53 bits per heavy atom. The number of hydrogen-bond donors (Lipinski definition) is 0. The molecule has 0 fully saturated rings. The first-order chi connectivity index (χ1) is 14.6. The minimum absolute atomic E-state index is 0.231. The summed E-state index contributed by atoms with van der Waals surface area (Å²) in [7, 11) is 0. The van der Waals surface area contributed by atoms with Crippen molar-refractivity contribution in [3.05, 3.63) is 72.0 Å². The molecule has 6 heteroatoms. The summed E-state index contributed by atoms with van der Waals surface area (Å²) in [6, 6.07) is 16.0. The van der Waals surface area contributed by atoms with Crippen LogP contribution in [0.3, 0.4) is 0 Å². The molecule has 152 valence electrons. The van der Waals surface area contributed by atoms with Crippen molar-refractivity contribution in [1.82, 2.24) is 20.2 Å². The van der Waals surface area contributed by atoms with E-state index in [0.717, 1.165) is 27.9 Å². The molecule has 4 rings (SSSR count). The van der Waals surface area contributed by atoms with Gasteiger partial charge in [-0.3, -0.25) is 0 Å². The van der Waals surface area contributed by atoms with Gasteiger partial charge in [-0.15, -0.1) is 10.2 Å². The highest BCUT2D eigenvalue weighted by Gasteiger charge is 2.12. The number of fused-ring (bicyclic) bond motifs is 1. The van der Waals surface area contributed by atoms with Gasteiger partial charge in [0, 0.05) is 17.9 Å². The third-order valence-electron chi connectivity index (χ3n) is 4.56. The molecular formula is C24H24N4O2. The Hall–Kier alpha value is -3.54. The highest BCUT2D eigenvalue weighted by Crippen LogP contribution is 2.29. The maximum atomic E-state index is 5.78. The van der Waals surface area contributed by atoms with Gasteiger partial charge in [-0.1, -0.05) is 56.3 Å². The van der Waals surface area contributed by atoms with E-state index in [1.165, 1.54) is 0 Å². The third-order valence-corrected chi connectivity index (χ3v) is 4.56. The zero-order valence-corrected chi connectivity index (χ0v) is 17.4. The van der Waals surface area contributed by atoms with E-state index >= 15 is 0 Å². The molecule has 6 nitrogen and oxygen atoms in total. The van der Waals surface area contributed by atoms with E-state index in [0.29, 0.717) is 30.7 Å². The Morgan fingerprint density at radius 2 is 1.80 bits per heavy atom. The summed E-state index contributed by atoms with van der Waals surface area (Å²) >= 11 is 0. The molecule has 0 spiro atoms. The Bertz CT molecular complexity index is 1180. The fourth-order valence-corrected chi connectivity index (χ4v) is 3.08. The molecule has 0 N–H and O–H groups in total. The van der Waals surface area contributed by atoms with Gasteiger partial charge in [0.1, 0.15) is 5.69 Å². The Morgan fingerprint density at radius 1 is 1.00 bits per heavy atom. The largest absolute Gasteiger partial charge is 0.476 e. The lowest BCUT2D eigenvalue weighted by molar-refractivity contribution is 0.328. The molecular weight excluding hydrogens is 376 g/mol. The zero-order chi connectivity index (χ0) is 20.9. The predicted octanol–water partition coefficient (Wildman–Crippen LogP) is 5.46. The van der Waals surface area contributed by atoms with Crippen molar-refractivity contribution < 1.29 is 9.15 Å². The number of aromatic nitrogens is 4. The fraction of sp³-hybridized carbons (Fsp3) is 0.250. The van der Waals surface area contributed by atoms with Crippen LogP contribution in [0.4, 0.5) is 0 Å². The molecule has 0 saturated carbocycles. The molecule has 0 aliphatic carbocycles. The summed E-state index contributed by atoms with van der Waals surface area (Å²) < 4.78 is 11.4. The second kappa shape index (κ2) is 8.86. The second-order valence-corrected chi connectivity index (χ2v) is 7.22. The van der Waals surface area contributed by atoms with Crippen LogP contribution in [0.25, 0.3) is 28.4 Å². The molecule has 0 saturated heterocycles. The predicted molar refractivity (Wildman–Crippen MR) is 117 cm³/mol. The fourth-order valence-electron chi connectivity index (χ4n) is 3.08. The van der Waals surface area contributed by atoms with Gasteiger partial charge in [-0.2, -0.15) is 0 Å². The van der Waals surface area contributed by atoms with Crippen molar-refractivity contribution in [1.29, 1.82) is 0 Å². The zero-order valence-electron chi connectivity index (χ0n) is 17.4. The molecule has 2 aromatic carbocycles. The highest BCUT2D eigenvalue weighted by atomic mass is 16.5. The van der Waals surface area contributed by atoms with Gasteiger partial charge in [0.05, 0.1) is 17.6 Å². The molecule has 0 aliphatic heterocycles. The van der Waals surface area contributed by atoms with Gasteiger partial charge < -0.3 is 9.15 Å². The summed E-state index contributed by atoms with van der Waals surface area (Å²) in [5.74, 6) is 2.06. The van der Waals surface area contributed by atoms with Gasteiger partial charge in [0.25, 0.3) is 0 Å². The molecule has 0 aliphatic rings. The average Bonchev–Trinajstić information content (AvgIpc) is 3.23. The van der Waals surface area contributed by atoms with Crippen LogP contribution in [0.5, 0.6) is 5.88 Å². The molecule has 0 unspecified atom stereocenters. The molecule has 0 amide bonds. The van der Waals surface area contributed by atoms with Crippen molar-refractivity contribution in [2.75, 3.05) is 6.61 Å². The van der Waals surface area contributed by atoms with E-state index in [9.17, 15) is 0 Å². The lowest BCUT2D eigenvalue weighted by Crippen LogP contribution is -2.00. The number of hydrogen-bond acceptors (Lipinski definition) is 6.